The first-order valence-electron chi connectivity index (χ1n) is 9.07. The fraction of sp³-hybridized carbons (Fsp3) is 0.600. The Morgan fingerprint density at radius 2 is 1.69 bits per heavy atom. The average molecular weight is 364 g/mol. The summed E-state index contributed by atoms with van der Waals surface area (Å²) >= 11 is 0. The quantitative estimate of drug-likeness (QED) is 0.825. The Balaban J connectivity index is 1.97. The lowest BCUT2D eigenvalue weighted by Crippen LogP contribution is -2.38. The molecular weight excluding hydrogens is 335 g/mol. The van der Waals surface area contributed by atoms with Gasteiger partial charge < -0.3 is 14.5 Å². The zero-order valence-corrected chi connectivity index (χ0v) is 16.2. The van der Waals surface area contributed by atoms with Crippen LogP contribution in [0.5, 0.6) is 5.75 Å². The Morgan fingerprint density at radius 3 is 2.27 bits per heavy atom. The Kier molecular flexibility index (Phi) is 6.62. The number of nitrogens with zero attached hydrogens (tertiary/aromatic N) is 2. The minimum absolute atomic E-state index is 0.0488. The van der Waals surface area contributed by atoms with Crippen molar-refractivity contribution in [2.75, 3.05) is 33.3 Å². The van der Waals surface area contributed by atoms with E-state index >= 15 is 0 Å². The van der Waals surface area contributed by atoms with Gasteiger partial charge in [-0.3, -0.25) is 9.59 Å². The summed E-state index contributed by atoms with van der Waals surface area (Å²) in [4.78, 5) is 28.7. The second-order valence-corrected chi connectivity index (χ2v) is 7.99. The molecule has 1 aliphatic heterocycles. The van der Waals surface area contributed by atoms with Crippen molar-refractivity contribution in [3.8, 4) is 5.75 Å². The zero-order valence-electron chi connectivity index (χ0n) is 16.2. The summed E-state index contributed by atoms with van der Waals surface area (Å²) in [6.45, 7) is 8.46. The molecule has 0 N–H and O–H groups in total. The van der Waals surface area contributed by atoms with Gasteiger partial charge in [0.1, 0.15) is 11.6 Å². The molecule has 1 aromatic carbocycles. The highest BCUT2D eigenvalue weighted by Crippen LogP contribution is 2.22. The fourth-order valence-electron chi connectivity index (χ4n) is 3.14. The van der Waals surface area contributed by atoms with Crippen LogP contribution in [-0.4, -0.2) is 54.9 Å². The van der Waals surface area contributed by atoms with Gasteiger partial charge in [-0.25, -0.2) is 4.39 Å². The molecule has 0 aliphatic carbocycles. The Bertz CT molecular complexity index is 655. The van der Waals surface area contributed by atoms with Crippen molar-refractivity contribution in [3.05, 3.63) is 29.6 Å². The van der Waals surface area contributed by atoms with Crippen LogP contribution in [0.4, 0.5) is 4.39 Å². The van der Waals surface area contributed by atoms with Gasteiger partial charge in [-0.1, -0.05) is 20.8 Å². The number of ether oxygens (including phenoxy) is 1. The number of halogens is 1. The van der Waals surface area contributed by atoms with Gasteiger partial charge in [0, 0.05) is 38.2 Å². The number of amides is 2. The SMILES string of the molecule is COc1ccc(F)cc1CC(=O)N1CCCN(C(=O)CC(C)(C)C)CC1. The van der Waals surface area contributed by atoms with Crippen molar-refractivity contribution in [2.45, 2.75) is 40.0 Å². The van der Waals surface area contributed by atoms with Crippen molar-refractivity contribution in [3.63, 3.8) is 0 Å². The minimum atomic E-state index is -0.386. The van der Waals surface area contributed by atoms with Gasteiger partial charge in [-0.05, 0) is 30.0 Å². The van der Waals surface area contributed by atoms with E-state index in [1.807, 2.05) is 25.7 Å². The van der Waals surface area contributed by atoms with E-state index in [1.54, 1.807) is 4.90 Å². The molecule has 2 amide bonds. The predicted octanol–water partition coefficient (Wildman–Crippen LogP) is 2.87. The summed E-state index contributed by atoms with van der Waals surface area (Å²) in [6, 6.07) is 4.19. The molecule has 0 radical (unpaired) electrons. The van der Waals surface area contributed by atoms with E-state index in [0.717, 1.165) is 6.42 Å². The van der Waals surface area contributed by atoms with Crippen molar-refractivity contribution < 1.29 is 18.7 Å². The predicted molar refractivity (Wildman–Crippen MR) is 98.5 cm³/mol. The maximum Gasteiger partial charge on any atom is 0.227 e. The van der Waals surface area contributed by atoms with Gasteiger partial charge in [0.25, 0.3) is 0 Å². The molecule has 1 fully saturated rings. The lowest BCUT2D eigenvalue weighted by atomic mass is 9.91. The van der Waals surface area contributed by atoms with Gasteiger partial charge >= 0.3 is 0 Å². The molecule has 26 heavy (non-hydrogen) atoms. The number of hydrogen-bond donors (Lipinski definition) is 0. The zero-order chi connectivity index (χ0) is 19.3. The lowest BCUT2D eigenvalue weighted by molar-refractivity contribution is -0.134. The molecule has 0 atom stereocenters. The second-order valence-electron chi connectivity index (χ2n) is 7.99. The summed E-state index contributed by atoms with van der Waals surface area (Å²) in [5, 5.41) is 0. The molecule has 0 aromatic heterocycles. The van der Waals surface area contributed by atoms with Crippen LogP contribution in [0.25, 0.3) is 0 Å². The summed E-state index contributed by atoms with van der Waals surface area (Å²) in [5.41, 5.74) is 0.495. The first-order chi connectivity index (χ1) is 12.2. The number of methoxy groups -OCH3 is 1. The van der Waals surface area contributed by atoms with E-state index in [1.165, 1.54) is 25.3 Å². The van der Waals surface area contributed by atoms with Crippen LogP contribution in [0.2, 0.25) is 0 Å². The van der Waals surface area contributed by atoms with Crippen molar-refractivity contribution in [1.82, 2.24) is 9.80 Å². The van der Waals surface area contributed by atoms with Crippen molar-refractivity contribution in [1.29, 1.82) is 0 Å². The van der Waals surface area contributed by atoms with Crippen LogP contribution in [0.15, 0.2) is 18.2 Å². The number of carbonyl (C=O) groups excluding carboxylic acids is 2. The first-order valence-corrected chi connectivity index (χ1v) is 9.07. The van der Waals surface area contributed by atoms with E-state index in [2.05, 4.69) is 0 Å². The third-order valence-corrected chi connectivity index (χ3v) is 4.47. The first kappa shape index (κ1) is 20.2. The molecule has 144 valence electrons. The number of carbonyl (C=O) groups is 2. The van der Waals surface area contributed by atoms with Crippen molar-refractivity contribution >= 4 is 11.8 Å². The van der Waals surface area contributed by atoms with Crippen LogP contribution in [-0.2, 0) is 16.0 Å². The normalized spacial score (nSPS) is 15.6. The molecule has 1 heterocycles. The van der Waals surface area contributed by atoms with E-state index in [4.69, 9.17) is 4.74 Å². The van der Waals surface area contributed by atoms with Gasteiger partial charge in [-0.15, -0.1) is 0 Å². The highest BCUT2D eigenvalue weighted by molar-refractivity contribution is 5.80. The van der Waals surface area contributed by atoms with Gasteiger partial charge in [-0.2, -0.15) is 0 Å². The molecule has 0 bridgehead atoms. The summed E-state index contributed by atoms with van der Waals surface area (Å²) in [7, 11) is 1.51. The Morgan fingerprint density at radius 1 is 1.08 bits per heavy atom. The molecule has 6 heteroatoms. The summed E-state index contributed by atoms with van der Waals surface area (Å²) in [5.74, 6) is 0.192. The molecule has 1 aromatic rings. The number of benzene rings is 1. The highest BCUT2D eigenvalue weighted by Gasteiger charge is 2.25. The Hall–Kier alpha value is -2.11. The topological polar surface area (TPSA) is 49.9 Å². The van der Waals surface area contributed by atoms with Crippen molar-refractivity contribution in [2.24, 2.45) is 5.41 Å². The number of rotatable bonds is 4. The molecule has 5 nitrogen and oxygen atoms in total. The standard InChI is InChI=1S/C20H29FN2O3/c1-20(2,3)14-19(25)23-9-5-8-22(10-11-23)18(24)13-15-12-16(21)6-7-17(15)26-4/h6-7,12H,5,8-11,13-14H2,1-4H3. The molecule has 2 rings (SSSR count). The van der Waals surface area contributed by atoms with E-state index in [-0.39, 0.29) is 29.5 Å². The highest BCUT2D eigenvalue weighted by atomic mass is 19.1. The van der Waals surface area contributed by atoms with Crippen LogP contribution >= 0.6 is 0 Å². The average Bonchev–Trinajstić information content (AvgIpc) is 2.79. The maximum atomic E-state index is 13.5. The lowest BCUT2D eigenvalue weighted by Gasteiger charge is -2.26. The molecule has 1 saturated heterocycles. The summed E-state index contributed by atoms with van der Waals surface area (Å²) < 4.78 is 18.7. The van der Waals surface area contributed by atoms with Gasteiger partial charge in [0.2, 0.25) is 11.8 Å². The third-order valence-electron chi connectivity index (χ3n) is 4.47. The largest absolute Gasteiger partial charge is 0.496 e. The monoisotopic (exact) mass is 364 g/mol. The molecule has 1 aliphatic rings. The van der Waals surface area contributed by atoms with Gasteiger partial charge in [0.05, 0.1) is 13.5 Å². The number of hydrogen-bond acceptors (Lipinski definition) is 3. The molecule has 0 spiro atoms. The van der Waals surface area contributed by atoms with E-state index < -0.39 is 0 Å². The van der Waals surface area contributed by atoms with Crippen LogP contribution in [0.3, 0.4) is 0 Å². The second kappa shape index (κ2) is 8.52. The van der Waals surface area contributed by atoms with Crippen LogP contribution in [0, 0.1) is 11.2 Å². The van der Waals surface area contributed by atoms with Crippen LogP contribution in [0.1, 0.15) is 39.2 Å². The fourth-order valence-corrected chi connectivity index (χ4v) is 3.14. The smallest absolute Gasteiger partial charge is 0.227 e. The molecule has 0 unspecified atom stereocenters. The summed E-state index contributed by atoms with van der Waals surface area (Å²) in [6.07, 6.45) is 1.35. The van der Waals surface area contributed by atoms with E-state index in [0.29, 0.717) is 43.9 Å². The third kappa shape index (κ3) is 5.71. The van der Waals surface area contributed by atoms with Crippen LogP contribution < -0.4 is 4.74 Å². The molecular formula is C20H29FN2O3. The van der Waals surface area contributed by atoms with Gasteiger partial charge in [0.15, 0.2) is 0 Å². The van der Waals surface area contributed by atoms with E-state index in [9.17, 15) is 14.0 Å². The maximum absolute atomic E-state index is 13.5. The minimum Gasteiger partial charge on any atom is -0.496 e. The Labute approximate surface area is 155 Å². The molecule has 0 saturated carbocycles.